The zero-order valence-electron chi connectivity index (χ0n) is 15.8. The van der Waals surface area contributed by atoms with Crippen LogP contribution in [0.15, 0.2) is 24.3 Å². The highest BCUT2D eigenvalue weighted by Gasteiger charge is 2.53. The summed E-state index contributed by atoms with van der Waals surface area (Å²) in [4.78, 5) is 37.7. The van der Waals surface area contributed by atoms with Gasteiger partial charge in [0.15, 0.2) is 0 Å². The van der Waals surface area contributed by atoms with Gasteiger partial charge in [-0.3, -0.25) is 14.4 Å². The van der Waals surface area contributed by atoms with Gasteiger partial charge < -0.3 is 20.3 Å². The van der Waals surface area contributed by atoms with Crippen LogP contribution in [0.3, 0.4) is 0 Å². The van der Waals surface area contributed by atoms with Gasteiger partial charge in [-0.05, 0) is 25.0 Å². The van der Waals surface area contributed by atoms with Gasteiger partial charge in [0.2, 0.25) is 11.8 Å². The van der Waals surface area contributed by atoms with Crippen LogP contribution in [-0.4, -0.2) is 54.0 Å². The number of alkyl halides is 3. The number of rotatable bonds is 4. The fourth-order valence-corrected chi connectivity index (χ4v) is 4.00. The van der Waals surface area contributed by atoms with Crippen molar-refractivity contribution in [3.63, 3.8) is 0 Å². The maximum absolute atomic E-state index is 13.2. The molecule has 1 aliphatic heterocycles. The second-order valence-electron chi connectivity index (χ2n) is 7.15. The van der Waals surface area contributed by atoms with E-state index in [4.69, 9.17) is 4.74 Å². The number of carbonyl (C=O) groups excluding carboxylic acids is 3. The van der Waals surface area contributed by atoms with Crippen molar-refractivity contribution in [2.45, 2.75) is 56.4 Å². The molecule has 1 aromatic rings. The fraction of sp³-hybridized carbons (Fsp3) is 0.526. The van der Waals surface area contributed by atoms with E-state index in [1.807, 2.05) is 0 Å². The number of carbonyl (C=O) groups is 3. The number of halogens is 3. The molecule has 1 saturated carbocycles. The first kappa shape index (κ1) is 20.9. The molecule has 3 amide bonds. The third-order valence-corrected chi connectivity index (χ3v) is 5.29. The Morgan fingerprint density at radius 3 is 2.62 bits per heavy atom. The Balaban J connectivity index is 1.83. The van der Waals surface area contributed by atoms with Crippen LogP contribution in [0.1, 0.15) is 32.1 Å². The van der Waals surface area contributed by atoms with Gasteiger partial charge in [0, 0.05) is 6.04 Å². The number of fused-ring (bicyclic) bond motifs is 1. The summed E-state index contributed by atoms with van der Waals surface area (Å²) in [5.74, 6) is -3.16. The van der Waals surface area contributed by atoms with E-state index in [9.17, 15) is 27.6 Å². The quantitative estimate of drug-likeness (QED) is 0.793. The maximum atomic E-state index is 13.2. The average molecular weight is 413 g/mol. The highest BCUT2D eigenvalue weighted by Crippen LogP contribution is 2.33. The first-order chi connectivity index (χ1) is 13.7. The summed E-state index contributed by atoms with van der Waals surface area (Å²) in [6.07, 6.45) is -3.46. The van der Waals surface area contributed by atoms with Gasteiger partial charge in [-0.2, -0.15) is 13.2 Å². The minimum Gasteiger partial charge on any atom is -0.495 e. The molecular formula is C19H22F3N3O4. The van der Waals surface area contributed by atoms with E-state index in [0.29, 0.717) is 35.6 Å². The molecule has 1 saturated heterocycles. The standard InChI is InChI=1S/C19H22F3N3O4/c1-29-15-9-5-3-7-12(15)23-16(26)10-14-17(27)24-11-6-2-4-8-13(11)25(14)18(28)19(20,21)22/h3,5,7,9,11,13-14H,2,4,6,8,10H2,1H3,(H,23,26)(H,24,27)/t11-,13-,14-/m1/s1. The summed E-state index contributed by atoms with van der Waals surface area (Å²) in [6, 6.07) is 3.67. The average Bonchev–Trinajstić information content (AvgIpc) is 2.67. The highest BCUT2D eigenvalue weighted by molar-refractivity contribution is 5.99. The van der Waals surface area contributed by atoms with Crippen LogP contribution < -0.4 is 15.4 Å². The van der Waals surface area contributed by atoms with Gasteiger partial charge in [0.05, 0.1) is 25.3 Å². The number of para-hydroxylation sites is 2. The smallest absolute Gasteiger partial charge is 0.471 e. The van der Waals surface area contributed by atoms with Crippen molar-refractivity contribution in [3.8, 4) is 5.75 Å². The van der Waals surface area contributed by atoms with Crippen molar-refractivity contribution in [2.75, 3.05) is 12.4 Å². The molecule has 3 rings (SSSR count). The zero-order valence-corrected chi connectivity index (χ0v) is 15.8. The van der Waals surface area contributed by atoms with E-state index >= 15 is 0 Å². The minimum absolute atomic E-state index is 0.320. The lowest BCUT2D eigenvalue weighted by Crippen LogP contribution is -2.69. The number of methoxy groups -OCH3 is 1. The SMILES string of the molecule is COc1ccccc1NC(=O)C[C@@H]1C(=O)N[C@@H]2CCCC[C@H]2N1C(=O)C(F)(F)F. The molecule has 0 aromatic heterocycles. The molecule has 1 aromatic carbocycles. The largest absolute Gasteiger partial charge is 0.495 e. The van der Waals surface area contributed by atoms with E-state index in [0.717, 1.165) is 6.42 Å². The van der Waals surface area contributed by atoms with Crippen LogP contribution >= 0.6 is 0 Å². The lowest BCUT2D eigenvalue weighted by atomic mass is 9.85. The number of hydrogen-bond donors (Lipinski definition) is 2. The molecule has 10 heteroatoms. The zero-order chi connectivity index (χ0) is 21.2. The number of amides is 3. The van der Waals surface area contributed by atoms with Gasteiger partial charge >= 0.3 is 12.1 Å². The topological polar surface area (TPSA) is 87.7 Å². The third kappa shape index (κ3) is 4.46. The predicted octanol–water partition coefficient (Wildman–Crippen LogP) is 2.22. The Kier molecular flexibility index (Phi) is 5.99. The third-order valence-electron chi connectivity index (χ3n) is 5.29. The molecule has 29 heavy (non-hydrogen) atoms. The van der Waals surface area contributed by atoms with Crippen LogP contribution in [-0.2, 0) is 14.4 Å². The molecule has 0 bridgehead atoms. The lowest BCUT2D eigenvalue weighted by Gasteiger charge is -2.48. The lowest BCUT2D eigenvalue weighted by molar-refractivity contribution is -0.195. The van der Waals surface area contributed by atoms with E-state index < -0.39 is 48.4 Å². The molecule has 0 unspecified atom stereocenters. The highest BCUT2D eigenvalue weighted by atomic mass is 19.4. The number of nitrogens with zero attached hydrogens (tertiary/aromatic N) is 1. The summed E-state index contributed by atoms with van der Waals surface area (Å²) < 4.78 is 44.8. The van der Waals surface area contributed by atoms with Gasteiger partial charge in [-0.15, -0.1) is 0 Å². The van der Waals surface area contributed by atoms with Crippen molar-refractivity contribution in [2.24, 2.45) is 0 Å². The summed E-state index contributed by atoms with van der Waals surface area (Å²) in [5.41, 5.74) is 0.320. The Morgan fingerprint density at radius 2 is 1.93 bits per heavy atom. The molecule has 7 nitrogen and oxygen atoms in total. The number of hydrogen-bond acceptors (Lipinski definition) is 4. The Labute approximate surface area is 165 Å². The van der Waals surface area contributed by atoms with Crippen molar-refractivity contribution in [1.29, 1.82) is 0 Å². The summed E-state index contributed by atoms with van der Waals surface area (Å²) in [5, 5.41) is 5.23. The molecule has 0 radical (unpaired) electrons. The predicted molar refractivity (Wildman–Crippen MR) is 97.1 cm³/mol. The molecule has 2 aliphatic rings. The van der Waals surface area contributed by atoms with Crippen LogP contribution in [0, 0.1) is 0 Å². The molecule has 1 heterocycles. The van der Waals surface area contributed by atoms with Gasteiger partial charge in [0.1, 0.15) is 11.8 Å². The second-order valence-corrected chi connectivity index (χ2v) is 7.15. The molecule has 2 fully saturated rings. The first-order valence-electron chi connectivity index (χ1n) is 9.35. The fourth-order valence-electron chi connectivity index (χ4n) is 4.00. The van der Waals surface area contributed by atoms with Crippen molar-refractivity contribution in [3.05, 3.63) is 24.3 Å². The number of piperazine rings is 1. The molecule has 0 spiro atoms. The van der Waals surface area contributed by atoms with Crippen molar-refractivity contribution < 1.29 is 32.3 Å². The molecular weight excluding hydrogens is 391 g/mol. The van der Waals surface area contributed by atoms with Crippen LogP contribution in [0.4, 0.5) is 18.9 Å². The summed E-state index contributed by atoms with van der Waals surface area (Å²) >= 11 is 0. The molecule has 158 valence electrons. The van der Waals surface area contributed by atoms with Gasteiger partial charge in [0.25, 0.3) is 0 Å². The summed E-state index contributed by atoms with van der Waals surface area (Å²) in [7, 11) is 1.41. The van der Waals surface area contributed by atoms with Crippen LogP contribution in [0.2, 0.25) is 0 Å². The second kappa shape index (κ2) is 8.30. The molecule has 2 N–H and O–H groups in total. The monoisotopic (exact) mass is 413 g/mol. The Bertz CT molecular complexity index is 799. The number of ether oxygens (including phenoxy) is 1. The minimum atomic E-state index is -5.13. The van der Waals surface area contributed by atoms with E-state index in [1.165, 1.54) is 7.11 Å². The first-order valence-corrected chi connectivity index (χ1v) is 9.35. The van der Waals surface area contributed by atoms with E-state index in [1.54, 1.807) is 24.3 Å². The van der Waals surface area contributed by atoms with Gasteiger partial charge in [-0.1, -0.05) is 25.0 Å². The number of anilines is 1. The van der Waals surface area contributed by atoms with E-state index in [-0.39, 0.29) is 0 Å². The van der Waals surface area contributed by atoms with Crippen molar-refractivity contribution in [1.82, 2.24) is 10.2 Å². The van der Waals surface area contributed by atoms with Gasteiger partial charge in [-0.25, -0.2) is 0 Å². The Morgan fingerprint density at radius 1 is 1.24 bits per heavy atom. The molecule has 3 atom stereocenters. The molecule has 1 aliphatic carbocycles. The van der Waals surface area contributed by atoms with Crippen LogP contribution in [0.25, 0.3) is 0 Å². The van der Waals surface area contributed by atoms with E-state index in [2.05, 4.69) is 10.6 Å². The van der Waals surface area contributed by atoms with Crippen molar-refractivity contribution >= 4 is 23.4 Å². The number of benzene rings is 1. The normalized spacial score (nSPS) is 24.3. The maximum Gasteiger partial charge on any atom is 0.471 e. The Hall–Kier alpha value is -2.78. The number of nitrogens with one attached hydrogen (secondary N) is 2. The van der Waals surface area contributed by atoms with Crippen LogP contribution in [0.5, 0.6) is 5.75 Å². The summed E-state index contributed by atoms with van der Waals surface area (Å²) in [6.45, 7) is 0.